The molecule has 1 aliphatic rings. The van der Waals surface area contributed by atoms with E-state index < -0.39 is 17.1 Å². The van der Waals surface area contributed by atoms with E-state index in [1.54, 1.807) is 0 Å². The Morgan fingerprint density at radius 1 is 1.38 bits per heavy atom. The molecule has 0 bridgehead atoms. The zero-order valence-electron chi connectivity index (χ0n) is 13.5. The maximum Gasteiger partial charge on any atom is 0.408 e. The summed E-state index contributed by atoms with van der Waals surface area (Å²) in [6.45, 7) is 6.12. The van der Waals surface area contributed by atoms with Crippen LogP contribution in [0.2, 0.25) is 0 Å². The lowest BCUT2D eigenvalue weighted by molar-refractivity contribution is -0.150. The number of hydrogen-bond donors (Lipinski definition) is 2. The highest BCUT2D eigenvalue weighted by Crippen LogP contribution is 2.36. The molecule has 2 N–H and O–H groups in total. The molecule has 0 aromatic rings. The van der Waals surface area contributed by atoms with E-state index in [2.05, 4.69) is 10.6 Å². The van der Waals surface area contributed by atoms with E-state index in [4.69, 9.17) is 9.47 Å². The Morgan fingerprint density at radius 2 is 2.05 bits per heavy atom. The molecule has 1 aliphatic carbocycles. The predicted octanol–water partition coefficient (Wildman–Crippen LogP) is 1.61. The molecule has 0 heterocycles. The number of ether oxygens (including phenoxy) is 2. The van der Waals surface area contributed by atoms with Crippen molar-refractivity contribution in [3.05, 3.63) is 12.2 Å². The van der Waals surface area contributed by atoms with Gasteiger partial charge >= 0.3 is 12.1 Å². The molecule has 6 heteroatoms. The van der Waals surface area contributed by atoms with Gasteiger partial charge in [-0.1, -0.05) is 12.2 Å². The Balaban J connectivity index is 2.65. The molecule has 0 aliphatic heterocycles. The number of esters is 1. The van der Waals surface area contributed by atoms with Crippen molar-refractivity contribution in [2.75, 3.05) is 20.7 Å². The minimum atomic E-state index is -0.683. The smallest absolute Gasteiger partial charge is 0.408 e. The second-order valence-electron chi connectivity index (χ2n) is 6.32. The molecule has 0 aromatic carbocycles. The quantitative estimate of drug-likeness (QED) is 0.595. The molecule has 1 amide bonds. The van der Waals surface area contributed by atoms with Gasteiger partial charge < -0.3 is 20.1 Å². The van der Waals surface area contributed by atoms with Crippen LogP contribution < -0.4 is 10.6 Å². The van der Waals surface area contributed by atoms with Crippen molar-refractivity contribution in [3.8, 4) is 0 Å². The maximum absolute atomic E-state index is 12.1. The zero-order valence-corrected chi connectivity index (χ0v) is 13.5. The molecule has 21 heavy (non-hydrogen) atoms. The van der Waals surface area contributed by atoms with E-state index in [9.17, 15) is 9.59 Å². The van der Waals surface area contributed by atoms with E-state index in [0.717, 1.165) is 0 Å². The SMILES string of the molecule is CNCC[C@]1(C(=O)OC)C=C[C@@H](NC(=O)OC(C)(C)C)C1. The molecular formula is C15H26N2O4. The van der Waals surface area contributed by atoms with Crippen LogP contribution in [-0.4, -0.2) is 44.4 Å². The summed E-state index contributed by atoms with van der Waals surface area (Å²) in [7, 11) is 3.21. The Labute approximate surface area is 126 Å². The molecule has 0 saturated heterocycles. The number of rotatable bonds is 5. The van der Waals surface area contributed by atoms with Gasteiger partial charge in [0.15, 0.2) is 0 Å². The maximum atomic E-state index is 12.1. The van der Waals surface area contributed by atoms with Crippen molar-refractivity contribution in [2.24, 2.45) is 5.41 Å². The van der Waals surface area contributed by atoms with Crippen LogP contribution in [0, 0.1) is 5.41 Å². The standard InChI is InChI=1S/C15H26N2O4/c1-14(2,3)21-13(19)17-11-6-7-15(10-11,8-9-16-4)12(18)20-5/h6-7,11,16H,8-10H2,1-5H3,(H,17,19)/t11-,15-/m1/s1. The van der Waals surface area contributed by atoms with E-state index >= 15 is 0 Å². The van der Waals surface area contributed by atoms with E-state index in [1.165, 1.54) is 7.11 Å². The molecule has 6 nitrogen and oxygen atoms in total. The van der Waals surface area contributed by atoms with Crippen LogP contribution >= 0.6 is 0 Å². The van der Waals surface area contributed by atoms with Gasteiger partial charge in [0.1, 0.15) is 5.60 Å². The summed E-state index contributed by atoms with van der Waals surface area (Å²) in [5.41, 5.74) is -1.23. The minimum Gasteiger partial charge on any atom is -0.468 e. The van der Waals surface area contributed by atoms with Crippen LogP contribution in [0.3, 0.4) is 0 Å². The van der Waals surface area contributed by atoms with E-state index in [1.807, 2.05) is 40.0 Å². The number of alkyl carbamates (subject to hydrolysis) is 1. The van der Waals surface area contributed by atoms with Gasteiger partial charge in [0, 0.05) is 0 Å². The first-order chi connectivity index (χ1) is 9.72. The fourth-order valence-electron chi connectivity index (χ4n) is 2.38. The summed E-state index contributed by atoms with van der Waals surface area (Å²) in [6.07, 6.45) is 4.29. The van der Waals surface area contributed by atoms with Crippen LogP contribution in [-0.2, 0) is 14.3 Å². The number of amides is 1. The Bertz CT molecular complexity index is 414. The van der Waals surface area contributed by atoms with Gasteiger partial charge in [-0.25, -0.2) is 4.79 Å². The number of carbonyl (C=O) groups excluding carboxylic acids is 2. The highest BCUT2D eigenvalue weighted by molar-refractivity contribution is 5.80. The highest BCUT2D eigenvalue weighted by atomic mass is 16.6. The number of methoxy groups -OCH3 is 1. The van der Waals surface area contributed by atoms with Gasteiger partial charge in [-0.3, -0.25) is 4.79 Å². The molecular weight excluding hydrogens is 272 g/mol. The Hall–Kier alpha value is -1.56. The Morgan fingerprint density at radius 3 is 2.57 bits per heavy atom. The normalized spacial score (nSPS) is 24.7. The van der Waals surface area contributed by atoms with E-state index in [0.29, 0.717) is 19.4 Å². The largest absolute Gasteiger partial charge is 0.468 e. The fraction of sp³-hybridized carbons (Fsp3) is 0.733. The van der Waals surface area contributed by atoms with Crippen LogP contribution in [0.4, 0.5) is 4.79 Å². The molecule has 0 saturated carbocycles. The average molecular weight is 298 g/mol. The molecule has 120 valence electrons. The molecule has 0 fully saturated rings. The van der Waals surface area contributed by atoms with Crippen LogP contribution in [0.15, 0.2) is 12.2 Å². The minimum absolute atomic E-state index is 0.226. The van der Waals surface area contributed by atoms with Crippen molar-refractivity contribution in [1.29, 1.82) is 0 Å². The van der Waals surface area contributed by atoms with Crippen molar-refractivity contribution in [1.82, 2.24) is 10.6 Å². The van der Waals surface area contributed by atoms with Crippen LogP contribution in [0.1, 0.15) is 33.6 Å². The summed E-state index contributed by atoms with van der Waals surface area (Å²) in [5, 5.41) is 5.80. The van der Waals surface area contributed by atoms with Crippen molar-refractivity contribution in [3.63, 3.8) is 0 Å². The first-order valence-electron chi connectivity index (χ1n) is 7.14. The summed E-state index contributed by atoms with van der Waals surface area (Å²) >= 11 is 0. The first-order valence-corrected chi connectivity index (χ1v) is 7.14. The second kappa shape index (κ2) is 6.93. The molecule has 0 aromatic heterocycles. The number of nitrogens with one attached hydrogen (secondary N) is 2. The second-order valence-corrected chi connectivity index (χ2v) is 6.32. The van der Waals surface area contributed by atoms with Gasteiger partial charge in [0.05, 0.1) is 18.6 Å². The fourth-order valence-corrected chi connectivity index (χ4v) is 2.38. The first kappa shape index (κ1) is 17.5. The summed E-state index contributed by atoms with van der Waals surface area (Å²) in [6, 6.07) is -0.226. The van der Waals surface area contributed by atoms with Gasteiger partial charge in [0.2, 0.25) is 0 Å². The van der Waals surface area contributed by atoms with Gasteiger partial charge in [-0.2, -0.15) is 0 Å². The molecule has 0 radical (unpaired) electrons. The van der Waals surface area contributed by atoms with Gasteiger partial charge in [-0.15, -0.1) is 0 Å². The van der Waals surface area contributed by atoms with Crippen molar-refractivity contribution in [2.45, 2.75) is 45.3 Å². The van der Waals surface area contributed by atoms with Crippen LogP contribution in [0.25, 0.3) is 0 Å². The van der Waals surface area contributed by atoms with Gasteiger partial charge in [0.25, 0.3) is 0 Å². The average Bonchev–Trinajstić information content (AvgIpc) is 2.77. The lowest BCUT2D eigenvalue weighted by atomic mass is 9.83. The zero-order chi connectivity index (χ0) is 16.1. The Kier molecular flexibility index (Phi) is 5.78. The van der Waals surface area contributed by atoms with Crippen molar-refractivity contribution >= 4 is 12.1 Å². The predicted molar refractivity (Wildman–Crippen MR) is 79.9 cm³/mol. The monoisotopic (exact) mass is 298 g/mol. The van der Waals surface area contributed by atoms with Crippen LogP contribution in [0.5, 0.6) is 0 Å². The molecule has 0 spiro atoms. The third-order valence-corrected chi connectivity index (χ3v) is 3.35. The molecule has 0 unspecified atom stereocenters. The lowest BCUT2D eigenvalue weighted by Crippen LogP contribution is -2.40. The molecule has 2 atom stereocenters. The van der Waals surface area contributed by atoms with Gasteiger partial charge in [-0.05, 0) is 47.2 Å². The molecule has 1 rings (SSSR count). The third kappa shape index (κ3) is 5.04. The summed E-state index contributed by atoms with van der Waals surface area (Å²) in [4.78, 5) is 23.8. The van der Waals surface area contributed by atoms with Crippen molar-refractivity contribution < 1.29 is 19.1 Å². The summed E-state index contributed by atoms with van der Waals surface area (Å²) < 4.78 is 10.1. The lowest BCUT2D eigenvalue weighted by Gasteiger charge is -2.26. The number of hydrogen-bond acceptors (Lipinski definition) is 5. The van der Waals surface area contributed by atoms with E-state index in [-0.39, 0.29) is 12.0 Å². The number of carbonyl (C=O) groups is 2. The summed E-state index contributed by atoms with van der Waals surface area (Å²) in [5.74, 6) is -0.275. The third-order valence-electron chi connectivity index (χ3n) is 3.35. The highest BCUT2D eigenvalue weighted by Gasteiger charge is 2.42. The topological polar surface area (TPSA) is 76.7 Å².